The van der Waals surface area contributed by atoms with Crippen LogP contribution in [0.2, 0.25) is 0 Å². The second-order valence-corrected chi connectivity index (χ2v) is 5.14. The molecule has 3 rings (SSSR count). The fourth-order valence-electron chi connectivity index (χ4n) is 2.56. The summed E-state index contributed by atoms with van der Waals surface area (Å²) in [5.41, 5.74) is 2.27. The summed E-state index contributed by atoms with van der Waals surface area (Å²) >= 11 is 0. The standard InChI is InChI=1S/C18H19NO2/c1-14(21-13-11-15-6-3-2-4-7-15)19-12-10-16-17(19)8-5-9-18(16)20/h2-10,12,14,20H,11,13H2,1H3. The zero-order valence-electron chi connectivity index (χ0n) is 12.1. The van der Waals surface area contributed by atoms with Crippen molar-refractivity contribution in [2.24, 2.45) is 0 Å². The van der Waals surface area contributed by atoms with Gasteiger partial charge in [0.2, 0.25) is 0 Å². The van der Waals surface area contributed by atoms with E-state index in [0.717, 1.165) is 17.3 Å². The van der Waals surface area contributed by atoms with Gasteiger partial charge in [-0.1, -0.05) is 36.4 Å². The van der Waals surface area contributed by atoms with Gasteiger partial charge < -0.3 is 14.4 Å². The van der Waals surface area contributed by atoms with Crippen molar-refractivity contribution in [2.45, 2.75) is 19.6 Å². The van der Waals surface area contributed by atoms with E-state index < -0.39 is 0 Å². The second-order valence-electron chi connectivity index (χ2n) is 5.14. The zero-order valence-corrected chi connectivity index (χ0v) is 12.1. The summed E-state index contributed by atoms with van der Waals surface area (Å²) in [4.78, 5) is 0. The Morgan fingerprint density at radius 2 is 1.86 bits per heavy atom. The maximum atomic E-state index is 9.84. The highest BCUT2D eigenvalue weighted by Crippen LogP contribution is 2.27. The predicted molar refractivity (Wildman–Crippen MR) is 84.4 cm³/mol. The lowest BCUT2D eigenvalue weighted by Crippen LogP contribution is -2.10. The number of aromatic hydroxyl groups is 1. The van der Waals surface area contributed by atoms with Crippen LogP contribution in [0.25, 0.3) is 10.9 Å². The minimum atomic E-state index is -0.0620. The average Bonchev–Trinajstić information content (AvgIpc) is 2.94. The van der Waals surface area contributed by atoms with Gasteiger partial charge in [0.25, 0.3) is 0 Å². The van der Waals surface area contributed by atoms with E-state index in [1.807, 2.05) is 54.1 Å². The molecule has 1 heterocycles. The van der Waals surface area contributed by atoms with E-state index in [1.165, 1.54) is 5.56 Å². The molecule has 0 amide bonds. The summed E-state index contributed by atoms with van der Waals surface area (Å²) in [6.07, 6.45) is 2.79. The molecule has 0 aliphatic heterocycles. The molecule has 1 atom stereocenters. The van der Waals surface area contributed by atoms with Crippen LogP contribution in [0, 0.1) is 0 Å². The lowest BCUT2D eigenvalue weighted by molar-refractivity contribution is 0.0212. The summed E-state index contributed by atoms with van der Waals surface area (Å²) in [6, 6.07) is 17.8. The topological polar surface area (TPSA) is 34.4 Å². The van der Waals surface area contributed by atoms with Crippen molar-refractivity contribution in [2.75, 3.05) is 6.61 Å². The van der Waals surface area contributed by atoms with Crippen molar-refractivity contribution in [1.29, 1.82) is 0 Å². The summed E-state index contributed by atoms with van der Waals surface area (Å²) < 4.78 is 7.96. The summed E-state index contributed by atoms with van der Waals surface area (Å²) in [7, 11) is 0. The second kappa shape index (κ2) is 6.02. The molecule has 1 N–H and O–H groups in total. The molecule has 3 aromatic rings. The Hall–Kier alpha value is -2.26. The molecule has 21 heavy (non-hydrogen) atoms. The predicted octanol–water partition coefficient (Wildman–Crippen LogP) is 4.12. The van der Waals surface area contributed by atoms with Crippen LogP contribution in [-0.2, 0) is 11.2 Å². The van der Waals surface area contributed by atoms with Crippen molar-refractivity contribution in [3.05, 3.63) is 66.4 Å². The largest absolute Gasteiger partial charge is 0.507 e. The van der Waals surface area contributed by atoms with Gasteiger partial charge in [0.05, 0.1) is 12.1 Å². The van der Waals surface area contributed by atoms with E-state index in [1.54, 1.807) is 6.07 Å². The minimum Gasteiger partial charge on any atom is -0.507 e. The van der Waals surface area contributed by atoms with Crippen LogP contribution < -0.4 is 0 Å². The van der Waals surface area contributed by atoms with Crippen molar-refractivity contribution in [1.82, 2.24) is 4.57 Å². The number of hydrogen-bond donors (Lipinski definition) is 1. The van der Waals surface area contributed by atoms with Crippen molar-refractivity contribution in [3.63, 3.8) is 0 Å². The van der Waals surface area contributed by atoms with E-state index in [9.17, 15) is 5.11 Å². The van der Waals surface area contributed by atoms with Crippen LogP contribution in [-0.4, -0.2) is 16.3 Å². The molecule has 1 unspecified atom stereocenters. The van der Waals surface area contributed by atoms with Gasteiger partial charge in [-0.05, 0) is 37.1 Å². The number of nitrogens with zero attached hydrogens (tertiary/aromatic N) is 1. The smallest absolute Gasteiger partial charge is 0.131 e. The molecule has 2 aromatic carbocycles. The molecule has 3 heteroatoms. The number of phenols is 1. The first-order valence-electron chi connectivity index (χ1n) is 7.20. The van der Waals surface area contributed by atoms with Crippen LogP contribution in [0.4, 0.5) is 0 Å². The molecule has 0 saturated carbocycles. The van der Waals surface area contributed by atoms with Crippen LogP contribution in [0.3, 0.4) is 0 Å². The van der Waals surface area contributed by atoms with Gasteiger partial charge in [0.1, 0.15) is 12.0 Å². The maximum Gasteiger partial charge on any atom is 0.131 e. The molecule has 0 bridgehead atoms. The first-order valence-corrected chi connectivity index (χ1v) is 7.20. The first-order chi connectivity index (χ1) is 10.3. The molecule has 108 valence electrons. The number of rotatable bonds is 5. The Bertz CT molecular complexity index is 718. The van der Waals surface area contributed by atoms with Crippen LogP contribution in [0.5, 0.6) is 5.75 Å². The molecule has 0 aliphatic carbocycles. The fraction of sp³-hybridized carbons (Fsp3) is 0.222. The Balaban J connectivity index is 1.67. The fourth-order valence-corrected chi connectivity index (χ4v) is 2.56. The third-order valence-electron chi connectivity index (χ3n) is 3.72. The van der Waals surface area contributed by atoms with E-state index in [4.69, 9.17) is 4.74 Å². The zero-order chi connectivity index (χ0) is 14.7. The van der Waals surface area contributed by atoms with Crippen LogP contribution in [0.15, 0.2) is 60.8 Å². The van der Waals surface area contributed by atoms with Gasteiger partial charge >= 0.3 is 0 Å². The minimum absolute atomic E-state index is 0.0620. The molecule has 0 radical (unpaired) electrons. The van der Waals surface area contributed by atoms with Gasteiger partial charge in [0.15, 0.2) is 0 Å². The lowest BCUT2D eigenvalue weighted by Gasteiger charge is -2.16. The number of benzene rings is 2. The molecule has 1 aromatic heterocycles. The summed E-state index contributed by atoms with van der Waals surface area (Å²) in [6.45, 7) is 2.69. The molecule has 0 fully saturated rings. The SMILES string of the molecule is CC(OCCc1ccccc1)n1ccc2c(O)cccc21. The highest BCUT2D eigenvalue weighted by atomic mass is 16.5. The molecular weight excluding hydrogens is 262 g/mol. The first kappa shape index (κ1) is 13.7. The van der Waals surface area contributed by atoms with Gasteiger partial charge in [0, 0.05) is 11.6 Å². The highest BCUT2D eigenvalue weighted by molar-refractivity contribution is 5.86. The van der Waals surface area contributed by atoms with Gasteiger partial charge in [-0.15, -0.1) is 0 Å². The van der Waals surface area contributed by atoms with E-state index in [-0.39, 0.29) is 6.23 Å². The Labute approximate surface area is 124 Å². The van der Waals surface area contributed by atoms with Crippen molar-refractivity contribution >= 4 is 10.9 Å². The number of phenolic OH excluding ortho intramolecular Hbond substituents is 1. The van der Waals surface area contributed by atoms with Gasteiger partial charge in [-0.2, -0.15) is 0 Å². The Morgan fingerprint density at radius 3 is 2.67 bits per heavy atom. The molecule has 0 spiro atoms. The third kappa shape index (κ3) is 2.93. The summed E-state index contributed by atoms with van der Waals surface area (Å²) in [5, 5.41) is 10.7. The quantitative estimate of drug-likeness (QED) is 0.763. The van der Waals surface area contributed by atoms with Crippen molar-refractivity contribution in [3.8, 4) is 5.75 Å². The Morgan fingerprint density at radius 1 is 1.05 bits per heavy atom. The molecular formula is C18H19NO2. The molecule has 0 saturated heterocycles. The normalized spacial score (nSPS) is 12.6. The average molecular weight is 281 g/mol. The number of fused-ring (bicyclic) bond motifs is 1. The van der Waals surface area contributed by atoms with Crippen molar-refractivity contribution < 1.29 is 9.84 Å². The number of hydrogen-bond acceptors (Lipinski definition) is 2. The van der Waals surface area contributed by atoms with Gasteiger partial charge in [-0.25, -0.2) is 0 Å². The Kier molecular flexibility index (Phi) is 3.93. The third-order valence-corrected chi connectivity index (χ3v) is 3.72. The molecule has 3 nitrogen and oxygen atoms in total. The van der Waals surface area contributed by atoms with Gasteiger partial charge in [-0.3, -0.25) is 0 Å². The monoisotopic (exact) mass is 281 g/mol. The van der Waals surface area contributed by atoms with E-state index >= 15 is 0 Å². The summed E-state index contributed by atoms with van der Waals surface area (Å²) in [5.74, 6) is 0.308. The van der Waals surface area contributed by atoms with E-state index in [0.29, 0.717) is 12.4 Å². The number of aromatic nitrogens is 1. The highest BCUT2D eigenvalue weighted by Gasteiger charge is 2.10. The number of ether oxygens (including phenoxy) is 1. The molecule has 0 aliphatic rings. The lowest BCUT2D eigenvalue weighted by atomic mass is 10.2. The van der Waals surface area contributed by atoms with Crippen LogP contribution in [0.1, 0.15) is 18.7 Å². The van der Waals surface area contributed by atoms with Crippen LogP contribution >= 0.6 is 0 Å². The van der Waals surface area contributed by atoms with E-state index in [2.05, 4.69) is 12.1 Å². The maximum absolute atomic E-state index is 9.84.